The summed E-state index contributed by atoms with van der Waals surface area (Å²) < 4.78 is 10.6. The van der Waals surface area contributed by atoms with Crippen LogP contribution in [0.5, 0.6) is 11.8 Å². The smallest absolute Gasteiger partial charge is 0.399 e. The lowest BCUT2D eigenvalue weighted by Gasteiger charge is -2.00. The molecule has 0 atom stereocenters. The van der Waals surface area contributed by atoms with Crippen molar-refractivity contribution in [3.63, 3.8) is 0 Å². The molecule has 90 valence electrons. The van der Waals surface area contributed by atoms with Crippen LogP contribution in [0.25, 0.3) is 0 Å². The molecule has 1 aromatic heterocycles. The normalized spacial score (nSPS) is 10.5. The van der Waals surface area contributed by atoms with Crippen LogP contribution in [-0.2, 0) is 6.54 Å². The molecule has 2 rings (SSSR count). The summed E-state index contributed by atoms with van der Waals surface area (Å²) in [6.45, 7) is 3.58. The Labute approximate surface area is 105 Å². The summed E-state index contributed by atoms with van der Waals surface area (Å²) in [6, 6.07) is 7.08. The van der Waals surface area contributed by atoms with Gasteiger partial charge in [-0.3, -0.25) is 0 Å². The molecule has 0 radical (unpaired) electrons. The average molecular weight is 253 g/mol. The Balaban J connectivity index is 2.01. The first-order valence-corrected chi connectivity index (χ1v) is 5.74. The van der Waals surface area contributed by atoms with Gasteiger partial charge in [0.05, 0.1) is 5.69 Å². The third-order valence-electron chi connectivity index (χ3n) is 2.09. The molecule has 1 heterocycles. The second-order valence-electron chi connectivity index (χ2n) is 3.44. The standard InChI is InChI=1S/C12H13ClN2O2/c1-2-14-7-10-8-16-12(15-10)17-11-5-3-4-9(13)6-11/h3-6,8,14H,2,7H2,1H3. The van der Waals surface area contributed by atoms with E-state index >= 15 is 0 Å². The van der Waals surface area contributed by atoms with E-state index in [1.807, 2.05) is 6.92 Å². The summed E-state index contributed by atoms with van der Waals surface area (Å²) in [5.41, 5.74) is 0.809. The van der Waals surface area contributed by atoms with Gasteiger partial charge in [0.25, 0.3) is 0 Å². The molecule has 0 saturated heterocycles. The lowest BCUT2D eigenvalue weighted by molar-refractivity contribution is 0.331. The van der Waals surface area contributed by atoms with Gasteiger partial charge in [-0.1, -0.05) is 24.6 Å². The van der Waals surface area contributed by atoms with E-state index in [-0.39, 0.29) is 6.08 Å². The molecule has 0 aliphatic heterocycles. The van der Waals surface area contributed by atoms with Crippen LogP contribution in [0.3, 0.4) is 0 Å². The van der Waals surface area contributed by atoms with Crippen molar-refractivity contribution in [2.45, 2.75) is 13.5 Å². The Hall–Kier alpha value is -1.52. The second-order valence-corrected chi connectivity index (χ2v) is 3.88. The molecule has 5 heteroatoms. The van der Waals surface area contributed by atoms with E-state index in [1.165, 1.54) is 0 Å². The number of nitrogens with one attached hydrogen (secondary N) is 1. The van der Waals surface area contributed by atoms with Crippen LogP contribution >= 0.6 is 11.6 Å². The summed E-state index contributed by atoms with van der Waals surface area (Å²) in [5.74, 6) is 0.606. The number of oxazole rings is 1. The first-order chi connectivity index (χ1) is 8.28. The highest BCUT2D eigenvalue weighted by atomic mass is 35.5. The highest BCUT2D eigenvalue weighted by molar-refractivity contribution is 6.30. The van der Waals surface area contributed by atoms with Crippen LogP contribution in [0.4, 0.5) is 0 Å². The van der Waals surface area contributed by atoms with Gasteiger partial charge in [-0.15, -0.1) is 0 Å². The van der Waals surface area contributed by atoms with Gasteiger partial charge >= 0.3 is 6.08 Å². The van der Waals surface area contributed by atoms with Gasteiger partial charge in [0.2, 0.25) is 0 Å². The highest BCUT2D eigenvalue weighted by Gasteiger charge is 2.06. The van der Waals surface area contributed by atoms with E-state index < -0.39 is 0 Å². The molecule has 0 saturated carbocycles. The van der Waals surface area contributed by atoms with Crippen LogP contribution in [0, 0.1) is 0 Å². The molecule has 0 spiro atoms. The third kappa shape index (κ3) is 3.47. The maximum Gasteiger partial charge on any atom is 0.399 e. The van der Waals surface area contributed by atoms with Crippen molar-refractivity contribution < 1.29 is 9.15 Å². The predicted octanol–water partition coefficient (Wildman–Crippen LogP) is 3.23. The fourth-order valence-corrected chi connectivity index (χ4v) is 1.48. The van der Waals surface area contributed by atoms with Gasteiger partial charge in [-0.05, 0) is 24.7 Å². The van der Waals surface area contributed by atoms with Crippen molar-refractivity contribution in [3.8, 4) is 11.8 Å². The molecule has 2 aromatic rings. The molecule has 0 aliphatic carbocycles. The van der Waals surface area contributed by atoms with E-state index in [2.05, 4.69) is 10.3 Å². The quantitative estimate of drug-likeness (QED) is 0.888. The number of halogens is 1. The summed E-state index contributed by atoms with van der Waals surface area (Å²) in [4.78, 5) is 4.18. The van der Waals surface area contributed by atoms with Gasteiger partial charge in [0, 0.05) is 11.6 Å². The first kappa shape index (κ1) is 12.0. The lowest BCUT2D eigenvalue weighted by atomic mass is 10.3. The zero-order valence-corrected chi connectivity index (χ0v) is 10.2. The molecule has 0 aliphatic rings. The van der Waals surface area contributed by atoms with Crippen LogP contribution in [-0.4, -0.2) is 11.5 Å². The fourth-order valence-electron chi connectivity index (χ4n) is 1.30. The highest BCUT2D eigenvalue weighted by Crippen LogP contribution is 2.23. The van der Waals surface area contributed by atoms with Gasteiger partial charge < -0.3 is 14.5 Å². The summed E-state index contributed by atoms with van der Waals surface area (Å²) in [7, 11) is 0. The molecule has 17 heavy (non-hydrogen) atoms. The predicted molar refractivity (Wildman–Crippen MR) is 65.4 cm³/mol. The van der Waals surface area contributed by atoms with Crippen molar-refractivity contribution >= 4 is 11.6 Å². The largest absolute Gasteiger partial charge is 0.417 e. The molecule has 4 nitrogen and oxygen atoms in total. The molecular formula is C12H13ClN2O2. The minimum Gasteiger partial charge on any atom is -0.417 e. The van der Waals surface area contributed by atoms with E-state index in [0.29, 0.717) is 17.3 Å². The summed E-state index contributed by atoms with van der Waals surface area (Å²) >= 11 is 5.84. The number of ether oxygens (including phenoxy) is 1. The number of benzene rings is 1. The Morgan fingerprint density at radius 1 is 1.47 bits per heavy atom. The maximum absolute atomic E-state index is 5.84. The van der Waals surface area contributed by atoms with E-state index in [0.717, 1.165) is 12.2 Å². The van der Waals surface area contributed by atoms with E-state index in [1.54, 1.807) is 30.5 Å². The third-order valence-corrected chi connectivity index (χ3v) is 2.32. The monoisotopic (exact) mass is 252 g/mol. The van der Waals surface area contributed by atoms with Crippen molar-refractivity contribution in [1.29, 1.82) is 0 Å². The van der Waals surface area contributed by atoms with Crippen molar-refractivity contribution in [2.24, 2.45) is 0 Å². The minimum absolute atomic E-state index is 0.222. The number of hydrogen-bond donors (Lipinski definition) is 1. The molecule has 1 aromatic carbocycles. The van der Waals surface area contributed by atoms with Gasteiger partial charge in [-0.25, -0.2) is 0 Å². The topological polar surface area (TPSA) is 47.3 Å². The minimum atomic E-state index is 0.222. The lowest BCUT2D eigenvalue weighted by Crippen LogP contribution is -2.11. The first-order valence-electron chi connectivity index (χ1n) is 5.36. The summed E-state index contributed by atoms with van der Waals surface area (Å²) in [6.07, 6.45) is 1.79. The number of rotatable bonds is 5. The number of hydrogen-bond acceptors (Lipinski definition) is 4. The zero-order chi connectivity index (χ0) is 12.1. The van der Waals surface area contributed by atoms with Crippen molar-refractivity contribution in [2.75, 3.05) is 6.54 Å². The molecule has 0 unspecified atom stereocenters. The average Bonchev–Trinajstić information content (AvgIpc) is 2.74. The molecular weight excluding hydrogens is 240 g/mol. The Morgan fingerprint density at radius 2 is 2.35 bits per heavy atom. The van der Waals surface area contributed by atoms with Gasteiger partial charge in [-0.2, -0.15) is 4.98 Å². The Bertz CT molecular complexity index is 485. The fraction of sp³-hybridized carbons (Fsp3) is 0.250. The van der Waals surface area contributed by atoms with Crippen molar-refractivity contribution in [1.82, 2.24) is 10.3 Å². The second kappa shape index (κ2) is 5.70. The SMILES string of the molecule is CCNCc1coc(Oc2cccc(Cl)c2)n1. The Morgan fingerprint density at radius 3 is 3.12 bits per heavy atom. The summed E-state index contributed by atoms with van der Waals surface area (Å²) in [5, 5.41) is 3.76. The van der Waals surface area contributed by atoms with Crippen molar-refractivity contribution in [3.05, 3.63) is 41.2 Å². The van der Waals surface area contributed by atoms with Crippen LogP contribution in [0.1, 0.15) is 12.6 Å². The number of nitrogens with zero attached hydrogens (tertiary/aromatic N) is 1. The van der Waals surface area contributed by atoms with Crippen LogP contribution in [0.2, 0.25) is 5.02 Å². The van der Waals surface area contributed by atoms with E-state index in [4.69, 9.17) is 20.8 Å². The number of aromatic nitrogens is 1. The Kier molecular flexibility index (Phi) is 4.01. The van der Waals surface area contributed by atoms with Gasteiger partial charge in [0.1, 0.15) is 12.0 Å². The molecule has 0 amide bonds. The van der Waals surface area contributed by atoms with Crippen LogP contribution in [0.15, 0.2) is 34.9 Å². The molecule has 1 N–H and O–H groups in total. The molecule has 0 bridgehead atoms. The zero-order valence-electron chi connectivity index (χ0n) is 9.44. The maximum atomic E-state index is 5.84. The molecule has 0 fully saturated rings. The van der Waals surface area contributed by atoms with E-state index in [9.17, 15) is 0 Å². The van der Waals surface area contributed by atoms with Gasteiger partial charge in [0.15, 0.2) is 0 Å². The van der Waals surface area contributed by atoms with Crippen LogP contribution < -0.4 is 10.1 Å².